The van der Waals surface area contributed by atoms with Gasteiger partial charge in [-0.15, -0.1) is 0 Å². The Morgan fingerprint density at radius 1 is 1.00 bits per heavy atom. The van der Waals surface area contributed by atoms with Crippen LogP contribution in [-0.4, -0.2) is 51.4 Å². The topological polar surface area (TPSA) is 58.4 Å². The van der Waals surface area contributed by atoms with E-state index >= 15 is 4.79 Å². The van der Waals surface area contributed by atoms with E-state index in [1.54, 1.807) is 13.8 Å². The summed E-state index contributed by atoms with van der Waals surface area (Å²) in [5, 5.41) is -1.49. The minimum absolute atomic E-state index is 0.0325. The van der Waals surface area contributed by atoms with Gasteiger partial charge in [0.1, 0.15) is 12.3 Å². The number of alkyl halides is 3. The molecular formula is C37H40F4N4O2S. The van der Waals surface area contributed by atoms with E-state index < -0.39 is 202 Å². The normalized spacial score (nSPS) is 23.8. The van der Waals surface area contributed by atoms with E-state index in [1.165, 1.54) is 4.90 Å². The fourth-order valence-corrected chi connectivity index (χ4v) is 4.84. The molecule has 0 bridgehead atoms. The highest BCUT2D eigenvalue weighted by Crippen LogP contribution is 2.34. The molecule has 1 heterocycles. The standard InChI is InChI=1S/C37H40F4N4O2S/c1-4-43(5-2)19-20-44(22-26-9-13-28(14-10-26)29-15-18-32(25(3)21-29)37(39,40)41)34(46)23-45-33-8-6-7-31(33)35(47)42-36(45)48-24-27-11-16-30(38)17-12-27/h9-18,21H,4-8,19-20,22-24H2,1-3H3/i6D2,7D2,8D2,9D,10D,11D,12D,13D,14D,15D,16D,17D,18D,21D,22D2,23D2,24D2. The average Bonchev–Trinajstić information content (AvgIpc) is 3.35. The summed E-state index contributed by atoms with van der Waals surface area (Å²) in [6.45, 7) is -5.21. The molecule has 0 saturated heterocycles. The number of nitrogens with zero attached hydrogens (tertiary/aromatic N) is 4. The van der Waals surface area contributed by atoms with Gasteiger partial charge in [0.25, 0.3) is 5.56 Å². The van der Waals surface area contributed by atoms with Crippen LogP contribution in [0.2, 0.25) is 0 Å². The SMILES string of the molecule is [2H]c1c([2H])c(C([2H])([2H])Sc2nc(=O)c3c(n2C([2H])([2H])C(=O)N(CCN(CC)CC)C([2H])([2H])c2c([2H])c([2H])c(-c4c([2H])c([2H])c(C(F)(F)F)c(C)c4[2H])c([2H])c2[2H])C([2H])([2H])C([2H])([2H])C3([2H])[2H])c([2H])c([2H])c1F. The van der Waals surface area contributed by atoms with Gasteiger partial charge in [-0.25, -0.2) is 4.39 Å². The Kier molecular flexibility index (Phi) is 5.22. The van der Waals surface area contributed by atoms with Gasteiger partial charge in [0.2, 0.25) is 5.91 Å². The third kappa shape index (κ3) is 8.54. The summed E-state index contributed by atoms with van der Waals surface area (Å²) in [5.74, 6) is -3.95. The minimum atomic E-state index is -5.26. The van der Waals surface area contributed by atoms with Gasteiger partial charge in [-0.05, 0) is 85.1 Å². The zero-order valence-corrected chi connectivity index (χ0v) is 26.2. The highest BCUT2D eigenvalue weighted by atomic mass is 32.2. The van der Waals surface area contributed by atoms with Crippen LogP contribution in [-0.2, 0) is 42.4 Å². The van der Waals surface area contributed by atoms with Crippen molar-refractivity contribution >= 4 is 17.7 Å². The van der Waals surface area contributed by atoms with Gasteiger partial charge < -0.3 is 14.4 Å². The Hall–Kier alpha value is -3.96. The first-order chi connectivity index (χ1) is 32.1. The molecule has 0 N–H and O–H groups in total. The summed E-state index contributed by atoms with van der Waals surface area (Å²) >= 11 is -0.526. The molecule has 1 aliphatic carbocycles. The number of hydrogen-bond donors (Lipinski definition) is 0. The van der Waals surface area contributed by atoms with Crippen LogP contribution in [0.5, 0.6) is 0 Å². The van der Waals surface area contributed by atoms with Gasteiger partial charge in [0, 0.05) is 47.5 Å². The lowest BCUT2D eigenvalue weighted by atomic mass is 9.98. The van der Waals surface area contributed by atoms with Crippen molar-refractivity contribution in [3.05, 3.63) is 116 Å². The molecule has 6 nitrogen and oxygen atoms in total. The largest absolute Gasteiger partial charge is 0.416 e. The lowest BCUT2D eigenvalue weighted by Crippen LogP contribution is -2.40. The Bertz CT molecular complexity index is 2860. The third-order valence-electron chi connectivity index (χ3n) is 6.66. The fraction of sp³-hybridized carbons (Fsp3) is 0.378. The zero-order chi connectivity index (χ0) is 54.8. The Morgan fingerprint density at radius 3 is 2.33 bits per heavy atom. The highest BCUT2D eigenvalue weighted by molar-refractivity contribution is 7.98. The molecule has 0 spiro atoms. The number of fused-ring (bicyclic) bond motifs is 1. The summed E-state index contributed by atoms with van der Waals surface area (Å²) < 4.78 is 256. The maximum absolute atomic E-state index is 15.2. The number of benzene rings is 3. The maximum Gasteiger partial charge on any atom is 0.416 e. The average molecular weight is 704 g/mol. The molecule has 48 heavy (non-hydrogen) atoms. The number of amides is 1. The van der Waals surface area contributed by atoms with Crippen LogP contribution in [0.15, 0.2) is 76.4 Å². The van der Waals surface area contributed by atoms with E-state index in [2.05, 4.69) is 4.98 Å². The molecule has 1 amide bonds. The Morgan fingerprint density at radius 2 is 1.67 bits per heavy atom. The Labute approximate surface area is 315 Å². The molecular weight excluding hydrogens is 640 g/mol. The number of likely N-dealkylation sites (N-methyl/N-ethyl adjacent to an activating group) is 1. The van der Waals surface area contributed by atoms with Gasteiger partial charge >= 0.3 is 6.18 Å². The lowest BCUT2D eigenvalue weighted by molar-refractivity contribution is -0.138. The van der Waals surface area contributed by atoms with Gasteiger partial charge in [0.05, 0.1) is 26.1 Å². The van der Waals surface area contributed by atoms with Crippen molar-refractivity contribution in [2.24, 2.45) is 0 Å². The van der Waals surface area contributed by atoms with Gasteiger partial charge in [-0.2, -0.15) is 18.2 Å². The first-order valence-corrected chi connectivity index (χ1v) is 14.9. The number of carbonyl (C=O) groups is 1. The maximum atomic E-state index is 15.2. The van der Waals surface area contributed by atoms with Crippen LogP contribution in [0.25, 0.3) is 11.1 Å². The third-order valence-corrected chi connectivity index (χ3v) is 7.42. The van der Waals surface area contributed by atoms with Gasteiger partial charge in [-0.3, -0.25) is 9.59 Å². The van der Waals surface area contributed by atoms with Crippen LogP contribution in [0.1, 0.15) is 85.3 Å². The minimum Gasteiger partial charge on any atom is -0.336 e. The molecule has 4 aromatic rings. The van der Waals surface area contributed by atoms with Crippen molar-refractivity contribution in [3.8, 4) is 11.1 Å². The molecule has 0 saturated carbocycles. The number of aromatic nitrogens is 2. The second kappa shape index (κ2) is 15.5. The second-order valence-corrected chi connectivity index (χ2v) is 10.5. The van der Waals surface area contributed by atoms with Gasteiger partial charge in [-0.1, -0.05) is 73.9 Å². The molecule has 0 aliphatic heterocycles. The van der Waals surface area contributed by atoms with Crippen molar-refractivity contribution in [2.45, 2.75) is 69.9 Å². The monoisotopic (exact) mass is 703 g/mol. The van der Waals surface area contributed by atoms with Gasteiger partial charge in [0.15, 0.2) is 5.16 Å². The zero-order valence-electron chi connectivity index (χ0n) is 48.4. The summed E-state index contributed by atoms with van der Waals surface area (Å²) in [6.07, 6.45) is -16.8. The van der Waals surface area contributed by atoms with Crippen molar-refractivity contribution in [3.63, 3.8) is 0 Å². The lowest BCUT2D eigenvalue weighted by Gasteiger charge is -2.28. The summed E-state index contributed by atoms with van der Waals surface area (Å²) in [5.41, 5.74) is -15.9. The van der Waals surface area contributed by atoms with Crippen molar-refractivity contribution in [1.82, 2.24) is 19.4 Å². The summed E-state index contributed by atoms with van der Waals surface area (Å²) in [6, 6.07) is -15.0. The van der Waals surface area contributed by atoms with Crippen LogP contribution in [0.3, 0.4) is 0 Å². The van der Waals surface area contributed by atoms with Crippen molar-refractivity contribution < 1.29 is 53.9 Å². The summed E-state index contributed by atoms with van der Waals surface area (Å²) in [7, 11) is 0. The van der Waals surface area contributed by atoms with E-state index in [9.17, 15) is 27.8 Å². The van der Waals surface area contributed by atoms with E-state index in [0.29, 0.717) is 0 Å². The van der Waals surface area contributed by atoms with Crippen molar-refractivity contribution in [1.29, 1.82) is 0 Å². The quantitative estimate of drug-likeness (QED) is 0.0819. The molecule has 11 heteroatoms. The molecule has 3 aromatic carbocycles. The number of thioether (sulfide) groups is 1. The molecule has 5 rings (SSSR count). The Balaban J connectivity index is 1.87. The molecule has 1 aliphatic rings. The first-order valence-electron chi connectivity index (χ1n) is 25.6. The van der Waals surface area contributed by atoms with Crippen LogP contribution >= 0.6 is 11.8 Å². The molecule has 0 atom stereocenters. The van der Waals surface area contributed by atoms with E-state index in [1.807, 2.05) is 0 Å². The van der Waals surface area contributed by atoms with Crippen LogP contribution in [0.4, 0.5) is 17.6 Å². The molecule has 254 valence electrons. The second-order valence-electron chi connectivity index (χ2n) is 9.73. The number of rotatable bonds is 13. The predicted molar refractivity (Wildman–Crippen MR) is 181 cm³/mol. The first kappa shape index (κ1) is 16.2. The molecule has 0 unspecified atom stereocenters. The van der Waals surface area contributed by atoms with Crippen LogP contribution in [0, 0.1) is 12.7 Å². The van der Waals surface area contributed by atoms with E-state index in [4.69, 9.17) is 26.0 Å². The summed E-state index contributed by atoms with van der Waals surface area (Å²) in [4.78, 5) is 33.9. The van der Waals surface area contributed by atoms with E-state index in [-0.39, 0.29) is 22.6 Å². The highest BCUT2D eigenvalue weighted by Gasteiger charge is 2.32. The molecule has 1 aromatic heterocycles. The van der Waals surface area contributed by atoms with Crippen molar-refractivity contribution in [2.75, 3.05) is 26.2 Å². The molecule has 0 fully saturated rings. The van der Waals surface area contributed by atoms with Crippen LogP contribution < -0.4 is 5.56 Å². The smallest absolute Gasteiger partial charge is 0.336 e. The predicted octanol–water partition coefficient (Wildman–Crippen LogP) is 7.53. The number of halogens is 4. The van der Waals surface area contributed by atoms with E-state index in [0.717, 1.165) is 6.92 Å². The molecule has 0 radical (unpaired) electrons. The number of carbonyl (C=O) groups excluding carboxylic acids is 1. The fourth-order valence-electron chi connectivity index (χ4n) is 4.18. The number of hydrogen-bond acceptors (Lipinski definition) is 5.